The SMILES string of the molecule is O=[N+]([O-])c1ccc(S(=O)O)cc1.[Ag]. The molecule has 1 atom stereocenters. The van der Waals surface area contributed by atoms with Crippen LogP contribution in [0.1, 0.15) is 0 Å². The molecule has 0 aliphatic heterocycles. The Morgan fingerprint density at radius 3 is 2.08 bits per heavy atom. The monoisotopic (exact) mass is 294 g/mol. The van der Waals surface area contributed by atoms with E-state index < -0.39 is 16.0 Å². The van der Waals surface area contributed by atoms with Crippen molar-refractivity contribution in [3.05, 3.63) is 34.4 Å². The van der Waals surface area contributed by atoms with E-state index in [1.165, 1.54) is 24.3 Å². The summed E-state index contributed by atoms with van der Waals surface area (Å²) in [6.45, 7) is 0. The van der Waals surface area contributed by atoms with Crippen LogP contribution in [0.5, 0.6) is 0 Å². The first kappa shape index (κ1) is 12.5. The van der Waals surface area contributed by atoms with Crippen LogP contribution in [0, 0.1) is 10.1 Å². The van der Waals surface area contributed by atoms with Gasteiger partial charge in [0.2, 0.25) is 0 Å². The van der Waals surface area contributed by atoms with Crippen molar-refractivity contribution in [1.82, 2.24) is 0 Å². The quantitative estimate of drug-likeness (QED) is 0.384. The predicted molar refractivity (Wildman–Crippen MR) is 42.1 cm³/mol. The first-order valence-electron chi connectivity index (χ1n) is 2.96. The first-order valence-corrected chi connectivity index (χ1v) is 4.07. The molecule has 0 aromatic heterocycles. The fourth-order valence-electron chi connectivity index (χ4n) is 0.684. The van der Waals surface area contributed by atoms with E-state index in [2.05, 4.69) is 0 Å². The van der Waals surface area contributed by atoms with Crippen LogP contribution < -0.4 is 0 Å². The van der Waals surface area contributed by atoms with Gasteiger partial charge in [-0.3, -0.25) is 10.1 Å². The topological polar surface area (TPSA) is 80.4 Å². The van der Waals surface area contributed by atoms with Crippen molar-refractivity contribution < 1.29 is 36.1 Å². The van der Waals surface area contributed by atoms with E-state index in [4.69, 9.17) is 4.55 Å². The second kappa shape index (κ2) is 5.25. The molecule has 0 heterocycles. The van der Waals surface area contributed by atoms with E-state index in [0.717, 1.165) is 0 Å². The fourth-order valence-corrected chi connectivity index (χ4v) is 1.05. The molecule has 0 aliphatic rings. The van der Waals surface area contributed by atoms with Crippen molar-refractivity contribution in [3.8, 4) is 0 Å². The summed E-state index contributed by atoms with van der Waals surface area (Å²) >= 11 is -2.07. The van der Waals surface area contributed by atoms with Gasteiger partial charge in [0, 0.05) is 34.5 Å². The van der Waals surface area contributed by atoms with Gasteiger partial charge in [-0.2, -0.15) is 0 Å². The zero-order valence-electron chi connectivity index (χ0n) is 6.14. The zero-order chi connectivity index (χ0) is 9.14. The van der Waals surface area contributed by atoms with Crippen LogP contribution in [0.4, 0.5) is 5.69 Å². The summed E-state index contributed by atoms with van der Waals surface area (Å²) in [5.41, 5.74) is -0.0933. The summed E-state index contributed by atoms with van der Waals surface area (Å²) in [5, 5.41) is 10.1. The van der Waals surface area contributed by atoms with Gasteiger partial charge in [0.25, 0.3) is 5.69 Å². The summed E-state index contributed by atoms with van der Waals surface area (Å²) in [7, 11) is 0. The maximum absolute atomic E-state index is 10.4. The van der Waals surface area contributed by atoms with Crippen LogP contribution in [0.15, 0.2) is 29.2 Å². The van der Waals surface area contributed by atoms with Crippen molar-refractivity contribution in [1.29, 1.82) is 0 Å². The molecule has 1 aromatic carbocycles. The molecule has 1 N–H and O–H groups in total. The molecule has 0 fully saturated rings. The molecule has 0 amide bonds. The van der Waals surface area contributed by atoms with Gasteiger partial charge in [0.1, 0.15) is 0 Å². The van der Waals surface area contributed by atoms with Crippen LogP contribution in [-0.2, 0) is 33.5 Å². The van der Waals surface area contributed by atoms with Crippen molar-refractivity contribution in [2.24, 2.45) is 0 Å². The van der Waals surface area contributed by atoms with Crippen LogP contribution >= 0.6 is 0 Å². The fraction of sp³-hybridized carbons (Fsp3) is 0. The Balaban J connectivity index is 0.00000144. The molecule has 0 saturated heterocycles. The molecule has 0 bridgehead atoms. The number of nitro benzene ring substituents is 1. The molecule has 0 spiro atoms. The number of rotatable bonds is 2. The van der Waals surface area contributed by atoms with E-state index in [-0.39, 0.29) is 33.0 Å². The average Bonchev–Trinajstić information content (AvgIpc) is 2.04. The Morgan fingerprint density at radius 1 is 1.31 bits per heavy atom. The van der Waals surface area contributed by atoms with Crippen molar-refractivity contribution >= 4 is 16.8 Å². The maximum atomic E-state index is 10.4. The molecule has 1 radical (unpaired) electrons. The minimum atomic E-state index is -2.07. The van der Waals surface area contributed by atoms with Gasteiger partial charge >= 0.3 is 0 Å². The van der Waals surface area contributed by atoms with Gasteiger partial charge in [-0.15, -0.1) is 0 Å². The third-order valence-electron chi connectivity index (χ3n) is 1.25. The number of nitrogens with zero attached hydrogens (tertiary/aromatic N) is 1. The summed E-state index contributed by atoms with van der Waals surface area (Å²) in [4.78, 5) is 9.74. The molecule has 75 valence electrons. The normalized spacial score (nSPS) is 11.5. The smallest absolute Gasteiger partial charge is 0.269 e. The summed E-state index contributed by atoms with van der Waals surface area (Å²) in [6.07, 6.45) is 0. The summed E-state index contributed by atoms with van der Waals surface area (Å²) in [6, 6.07) is 4.86. The molecule has 5 nitrogen and oxygen atoms in total. The Kier molecular flexibility index (Phi) is 5.04. The molecule has 1 rings (SSSR count). The van der Waals surface area contributed by atoms with E-state index in [1.807, 2.05) is 0 Å². The number of benzene rings is 1. The average molecular weight is 295 g/mol. The number of nitro groups is 1. The van der Waals surface area contributed by atoms with Gasteiger partial charge in [-0.05, 0) is 12.1 Å². The zero-order valence-corrected chi connectivity index (χ0v) is 8.44. The van der Waals surface area contributed by atoms with E-state index >= 15 is 0 Å². The van der Waals surface area contributed by atoms with E-state index in [1.54, 1.807) is 0 Å². The third-order valence-corrected chi connectivity index (χ3v) is 1.92. The maximum Gasteiger partial charge on any atom is 0.269 e. The third kappa shape index (κ3) is 3.37. The van der Waals surface area contributed by atoms with Crippen molar-refractivity contribution in [2.45, 2.75) is 4.90 Å². The number of non-ortho nitro benzene ring substituents is 1. The van der Waals surface area contributed by atoms with Crippen molar-refractivity contribution in [3.63, 3.8) is 0 Å². The van der Waals surface area contributed by atoms with Gasteiger partial charge in [-0.1, -0.05) is 0 Å². The second-order valence-corrected chi connectivity index (χ2v) is 2.97. The van der Waals surface area contributed by atoms with Crippen LogP contribution in [0.25, 0.3) is 0 Å². The van der Waals surface area contributed by atoms with Gasteiger partial charge in [0.05, 0.1) is 9.82 Å². The Morgan fingerprint density at radius 2 is 1.77 bits per heavy atom. The molecular formula is C6H5AgNO4S. The van der Waals surface area contributed by atoms with Gasteiger partial charge in [0.15, 0.2) is 11.1 Å². The minimum Gasteiger partial charge on any atom is -0.302 e. The standard InChI is InChI=1S/C6H5NO4S.Ag/c8-7(9)5-1-3-6(4-2-5)12(10)11;/h1-4H,(H,10,11);. The second-order valence-electron chi connectivity index (χ2n) is 2.00. The minimum absolute atomic E-state index is 0. The largest absolute Gasteiger partial charge is 0.302 e. The molecule has 0 saturated carbocycles. The molecule has 1 unspecified atom stereocenters. The molecule has 1 aromatic rings. The Bertz CT molecular complexity index is 293. The van der Waals surface area contributed by atoms with Crippen LogP contribution in [-0.4, -0.2) is 13.7 Å². The van der Waals surface area contributed by atoms with Gasteiger partial charge < -0.3 is 4.55 Å². The van der Waals surface area contributed by atoms with E-state index in [0.29, 0.717) is 0 Å². The molecule has 13 heavy (non-hydrogen) atoms. The molecule has 7 heteroatoms. The Hall–Kier alpha value is -0.530. The summed E-state index contributed by atoms with van der Waals surface area (Å²) in [5.74, 6) is 0. The summed E-state index contributed by atoms with van der Waals surface area (Å²) < 4.78 is 19.0. The Labute approximate surface area is 92.1 Å². The van der Waals surface area contributed by atoms with Gasteiger partial charge in [-0.25, -0.2) is 4.21 Å². The molecular weight excluding hydrogens is 290 g/mol. The number of hydrogen-bond donors (Lipinski definition) is 1. The van der Waals surface area contributed by atoms with Crippen LogP contribution in [0.2, 0.25) is 0 Å². The number of hydrogen-bond acceptors (Lipinski definition) is 3. The first-order chi connectivity index (χ1) is 5.61. The van der Waals surface area contributed by atoms with E-state index in [9.17, 15) is 14.3 Å². The van der Waals surface area contributed by atoms with Crippen LogP contribution in [0.3, 0.4) is 0 Å². The molecule has 0 aliphatic carbocycles. The predicted octanol–water partition coefficient (Wildman–Crippen LogP) is 1.17. The van der Waals surface area contributed by atoms with Crippen molar-refractivity contribution in [2.75, 3.05) is 0 Å².